The molecule has 1 aliphatic rings. The number of benzene rings is 1. The molecule has 0 spiro atoms. The van der Waals surface area contributed by atoms with Crippen LogP contribution in [-0.2, 0) is 6.18 Å². The van der Waals surface area contributed by atoms with Crippen LogP contribution in [0.2, 0.25) is 0 Å². The van der Waals surface area contributed by atoms with Crippen LogP contribution < -0.4 is 5.32 Å². The standard InChI is InChI=1S/C17H24F3N/c1-4-21-16(13-6-5-11(2)9-13)15-8-7-14(10-12(15)3)17(18,19)20/h7-8,10-11,13,16,21H,4-6,9H2,1-3H3. The van der Waals surface area contributed by atoms with E-state index in [1.54, 1.807) is 13.0 Å². The molecule has 1 aromatic rings. The number of halogens is 3. The Morgan fingerprint density at radius 3 is 2.48 bits per heavy atom. The summed E-state index contributed by atoms with van der Waals surface area (Å²) < 4.78 is 38.4. The van der Waals surface area contributed by atoms with Crippen molar-refractivity contribution in [2.75, 3.05) is 6.54 Å². The predicted molar refractivity (Wildman–Crippen MR) is 79.1 cm³/mol. The molecule has 1 aliphatic carbocycles. The second-order valence-electron chi connectivity index (χ2n) is 6.28. The van der Waals surface area contributed by atoms with Gasteiger partial charge in [0.2, 0.25) is 0 Å². The van der Waals surface area contributed by atoms with Crippen molar-refractivity contribution >= 4 is 0 Å². The first-order valence-corrected chi connectivity index (χ1v) is 7.74. The summed E-state index contributed by atoms with van der Waals surface area (Å²) in [4.78, 5) is 0. The SMILES string of the molecule is CCNC(c1ccc(C(F)(F)F)cc1C)C1CCC(C)C1. The van der Waals surface area contributed by atoms with Gasteiger partial charge in [-0.15, -0.1) is 0 Å². The van der Waals surface area contributed by atoms with Crippen LogP contribution in [0.3, 0.4) is 0 Å². The van der Waals surface area contributed by atoms with Gasteiger partial charge in [-0.1, -0.05) is 26.3 Å². The first-order chi connectivity index (χ1) is 9.82. The molecule has 21 heavy (non-hydrogen) atoms. The summed E-state index contributed by atoms with van der Waals surface area (Å²) in [5, 5.41) is 3.48. The van der Waals surface area contributed by atoms with Gasteiger partial charge in [0, 0.05) is 6.04 Å². The van der Waals surface area contributed by atoms with Gasteiger partial charge in [0.1, 0.15) is 0 Å². The van der Waals surface area contributed by atoms with Crippen molar-refractivity contribution in [3.05, 3.63) is 34.9 Å². The van der Waals surface area contributed by atoms with Crippen LogP contribution in [-0.4, -0.2) is 6.54 Å². The molecule has 0 radical (unpaired) electrons. The second kappa shape index (κ2) is 6.39. The quantitative estimate of drug-likeness (QED) is 0.815. The third kappa shape index (κ3) is 3.79. The Bertz CT molecular complexity index is 481. The molecular formula is C17H24F3N. The Hall–Kier alpha value is -1.03. The molecule has 1 saturated carbocycles. The maximum Gasteiger partial charge on any atom is 0.416 e. The van der Waals surface area contributed by atoms with Gasteiger partial charge in [0.25, 0.3) is 0 Å². The summed E-state index contributed by atoms with van der Waals surface area (Å²) in [6, 6.07) is 4.32. The van der Waals surface area contributed by atoms with Crippen LogP contribution in [0.25, 0.3) is 0 Å². The fraction of sp³-hybridized carbons (Fsp3) is 0.647. The van der Waals surface area contributed by atoms with Gasteiger partial charge >= 0.3 is 6.18 Å². The van der Waals surface area contributed by atoms with Crippen molar-refractivity contribution < 1.29 is 13.2 Å². The van der Waals surface area contributed by atoms with Crippen molar-refractivity contribution in [2.45, 2.75) is 52.3 Å². The Labute approximate surface area is 124 Å². The number of aryl methyl sites for hydroxylation is 1. The van der Waals surface area contributed by atoms with Crippen molar-refractivity contribution in [2.24, 2.45) is 11.8 Å². The van der Waals surface area contributed by atoms with Gasteiger partial charge in [-0.05, 0) is 61.4 Å². The number of nitrogens with one attached hydrogen (secondary N) is 1. The second-order valence-corrected chi connectivity index (χ2v) is 6.28. The van der Waals surface area contributed by atoms with E-state index in [0.717, 1.165) is 30.5 Å². The summed E-state index contributed by atoms with van der Waals surface area (Å²) in [6.07, 6.45) is -0.748. The van der Waals surface area contributed by atoms with Crippen molar-refractivity contribution in [1.82, 2.24) is 5.32 Å². The summed E-state index contributed by atoms with van der Waals surface area (Å²) >= 11 is 0. The number of rotatable bonds is 4. The minimum Gasteiger partial charge on any atom is -0.310 e. The lowest BCUT2D eigenvalue weighted by atomic mass is 9.87. The zero-order chi connectivity index (χ0) is 15.6. The first kappa shape index (κ1) is 16.3. The fourth-order valence-electron chi connectivity index (χ4n) is 3.51. The molecule has 1 aromatic carbocycles. The Morgan fingerprint density at radius 2 is 2.00 bits per heavy atom. The van der Waals surface area contributed by atoms with E-state index in [1.165, 1.54) is 18.6 Å². The van der Waals surface area contributed by atoms with E-state index >= 15 is 0 Å². The third-order valence-corrected chi connectivity index (χ3v) is 4.56. The molecule has 3 atom stereocenters. The topological polar surface area (TPSA) is 12.0 Å². The van der Waals surface area contributed by atoms with Gasteiger partial charge in [0.15, 0.2) is 0 Å². The van der Waals surface area contributed by atoms with Crippen LogP contribution in [0.4, 0.5) is 13.2 Å². The lowest BCUT2D eigenvalue weighted by molar-refractivity contribution is -0.137. The average Bonchev–Trinajstić information content (AvgIpc) is 2.82. The zero-order valence-corrected chi connectivity index (χ0v) is 12.9. The highest BCUT2D eigenvalue weighted by molar-refractivity contribution is 5.35. The van der Waals surface area contributed by atoms with E-state index in [1.807, 2.05) is 6.92 Å². The summed E-state index contributed by atoms with van der Waals surface area (Å²) in [7, 11) is 0. The molecular weight excluding hydrogens is 275 g/mol. The molecule has 118 valence electrons. The molecule has 1 fully saturated rings. The Balaban J connectivity index is 2.28. The zero-order valence-electron chi connectivity index (χ0n) is 12.9. The molecule has 2 rings (SSSR count). The highest BCUT2D eigenvalue weighted by Crippen LogP contribution is 2.40. The maximum absolute atomic E-state index is 12.8. The van der Waals surface area contributed by atoms with E-state index in [9.17, 15) is 13.2 Å². The Morgan fingerprint density at radius 1 is 1.29 bits per heavy atom. The molecule has 0 amide bonds. The van der Waals surface area contributed by atoms with E-state index in [0.29, 0.717) is 11.8 Å². The highest BCUT2D eigenvalue weighted by Gasteiger charge is 2.33. The normalized spacial score (nSPS) is 24.3. The van der Waals surface area contributed by atoms with E-state index in [2.05, 4.69) is 12.2 Å². The fourth-order valence-corrected chi connectivity index (χ4v) is 3.51. The van der Waals surface area contributed by atoms with Crippen LogP contribution in [0.5, 0.6) is 0 Å². The van der Waals surface area contributed by atoms with Gasteiger partial charge in [0.05, 0.1) is 5.56 Å². The molecule has 0 saturated heterocycles. The molecule has 3 unspecified atom stereocenters. The Kier molecular flexibility index (Phi) is 4.97. The van der Waals surface area contributed by atoms with Crippen molar-refractivity contribution in [1.29, 1.82) is 0 Å². The third-order valence-electron chi connectivity index (χ3n) is 4.56. The van der Waals surface area contributed by atoms with Crippen LogP contribution in [0.1, 0.15) is 55.8 Å². The highest BCUT2D eigenvalue weighted by atomic mass is 19.4. The minimum absolute atomic E-state index is 0.169. The molecule has 0 bridgehead atoms. The lowest BCUT2D eigenvalue weighted by Crippen LogP contribution is -2.28. The average molecular weight is 299 g/mol. The smallest absolute Gasteiger partial charge is 0.310 e. The van der Waals surface area contributed by atoms with Crippen molar-refractivity contribution in [3.63, 3.8) is 0 Å². The summed E-state index contributed by atoms with van der Waals surface area (Å²) in [5.74, 6) is 1.24. The molecule has 4 heteroatoms. The summed E-state index contributed by atoms with van der Waals surface area (Å²) in [5.41, 5.74) is 1.19. The van der Waals surface area contributed by atoms with Gasteiger partial charge in [-0.2, -0.15) is 13.2 Å². The first-order valence-electron chi connectivity index (χ1n) is 7.74. The number of alkyl halides is 3. The largest absolute Gasteiger partial charge is 0.416 e. The molecule has 1 nitrogen and oxygen atoms in total. The van der Waals surface area contributed by atoms with Crippen LogP contribution in [0.15, 0.2) is 18.2 Å². The molecule has 0 aromatic heterocycles. The van der Waals surface area contributed by atoms with E-state index in [-0.39, 0.29) is 6.04 Å². The van der Waals surface area contributed by atoms with Crippen LogP contribution >= 0.6 is 0 Å². The molecule has 1 N–H and O–H groups in total. The van der Waals surface area contributed by atoms with Gasteiger partial charge < -0.3 is 5.32 Å². The van der Waals surface area contributed by atoms with Gasteiger partial charge in [-0.3, -0.25) is 0 Å². The number of hydrogen-bond donors (Lipinski definition) is 1. The van der Waals surface area contributed by atoms with E-state index in [4.69, 9.17) is 0 Å². The predicted octanol–water partition coefficient (Wildman–Crippen LogP) is 5.10. The maximum atomic E-state index is 12.8. The lowest BCUT2D eigenvalue weighted by Gasteiger charge is -2.27. The van der Waals surface area contributed by atoms with Crippen LogP contribution in [0, 0.1) is 18.8 Å². The monoisotopic (exact) mass is 299 g/mol. The van der Waals surface area contributed by atoms with Crippen molar-refractivity contribution in [3.8, 4) is 0 Å². The van der Waals surface area contributed by atoms with Gasteiger partial charge in [-0.25, -0.2) is 0 Å². The molecule has 0 aliphatic heterocycles. The molecule has 0 heterocycles. The summed E-state index contributed by atoms with van der Waals surface area (Å²) in [6.45, 7) is 6.91. The minimum atomic E-state index is -4.27. The number of hydrogen-bond acceptors (Lipinski definition) is 1. The van der Waals surface area contributed by atoms with E-state index < -0.39 is 11.7 Å².